The minimum absolute atomic E-state index is 0.297. The number of carbonyl (C=O) groups excluding carboxylic acids is 2. The molecule has 0 aromatic rings. The number of sulfone groups is 1. The smallest absolute Gasteiger partial charge is 0.480 e. The van der Waals surface area contributed by atoms with Crippen LogP contribution in [0.2, 0.25) is 0 Å². The first-order chi connectivity index (χ1) is 11.2. The number of rotatable bonds is 4. The van der Waals surface area contributed by atoms with Crippen LogP contribution < -0.4 is 0 Å². The number of hydrogen-bond acceptors (Lipinski definition) is 7. The summed E-state index contributed by atoms with van der Waals surface area (Å²) in [6.45, 7) is 4.29. The third-order valence-corrected chi connectivity index (χ3v) is 3.96. The van der Waals surface area contributed by atoms with E-state index in [0.29, 0.717) is 0 Å². The molecule has 0 bridgehead atoms. The van der Waals surface area contributed by atoms with Crippen LogP contribution in [0.5, 0.6) is 0 Å². The third-order valence-electron chi connectivity index (χ3n) is 2.83. The number of ether oxygens (including phenoxy) is 3. The van der Waals surface area contributed by atoms with Crippen LogP contribution in [-0.2, 0) is 28.8 Å². The molecule has 1 heterocycles. The summed E-state index contributed by atoms with van der Waals surface area (Å²) in [4.78, 5) is 24.7. The molecule has 1 rings (SSSR count). The fourth-order valence-corrected chi connectivity index (χ4v) is 2.15. The van der Waals surface area contributed by atoms with Gasteiger partial charge < -0.3 is 14.2 Å². The normalized spacial score (nSPS) is 18.6. The van der Waals surface area contributed by atoms with Gasteiger partial charge >= 0.3 is 17.6 Å². The molecule has 0 aromatic heterocycles. The average molecular weight is 389 g/mol. The molecule has 0 fully saturated rings. The van der Waals surface area contributed by atoms with Gasteiger partial charge in [-0.05, 0) is 26.8 Å². The molecule has 1 atom stereocenters. The van der Waals surface area contributed by atoms with E-state index in [0.717, 1.165) is 18.1 Å². The van der Waals surface area contributed by atoms with E-state index in [1.807, 2.05) is 0 Å². The molecule has 0 unspecified atom stereocenters. The van der Waals surface area contributed by atoms with E-state index in [2.05, 4.69) is 9.47 Å². The van der Waals surface area contributed by atoms with Crippen molar-refractivity contribution in [1.29, 1.82) is 0 Å². The molecule has 0 saturated heterocycles. The van der Waals surface area contributed by atoms with Crippen molar-refractivity contribution in [3.63, 3.8) is 0 Å². The van der Waals surface area contributed by atoms with Gasteiger partial charge in [-0.15, -0.1) is 0 Å². The number of halogens is 3. The van der Waals surface area contributed by atoms with Crippen LogP contribution in [0.25, 0.3) is 0 Å². The van der Waals surface area contributed by atoms with Gasteiger partial charge in [-0.3, -0.25) is 4.90 Å². The standard InChI is InChI=1S/C13H18F3NO7S/c1-12(2,3)24-11(19)17-6-8(5-9(17)10(18)22-4)23-7-25(20,21)13(14,15)16/h5,9H,6-7H2,1-4H3/t9-/m1/s1. The molecular weight excluding hydrogens is 371 g/mol. The number of carbonyl (C=O) groups is 2. The second-order valence-electron chi connectivity index (χ2n) is 6.03. The second-order valence-corrected chi connectivity index (χ2v) is 7.96. The molecule has 0 aromatic carbocycles. The molecule has 1 aliphatic rings. The molecule has 0 N–H and O–H groups in total. The van der Waals surface area contributed by atoms with Crippen molar-refractivity contribution in [1.82, 2.24) is 4.90 Å². The van der Waals surface area contributed by atoms with E-state index in [1.54, 1.807) is 20.8 Å². The number of esters is 1. The lowest BCUT2D eigenvalue weighted by Crippen LogP contribution is -2.44. The van der Waals surface area contributed by atoms with Gasteiger partial charge in [0.1, 0.15) is 11.4 Å². The molecule has 0 aliphatic carbocycles. The molecule has 8 nitrogen and oxygen atoms in total. The van der Waals surface area contributed by atoms with E-state index in [-0.39, 0.29) is 5.76 Å². The Morgan fingerprint density at radius 3 is 2.28 bits per heavy atom. The molecular formula is C13H18F3NO7S. The lowest BCUT2D eigenvalue weighted by atomic mass is 10.2. The molecule has 0 radical (unpaired) electrons. The largest absolute Gasteiger partial charge is 0.500 e. The Bertz CT molecular complexity index is 664. The van der Waals surface area contributed by atoms with Gasteiger partial charge in [-0.25, -0.2) is 18.0 Å². The monoisotopic (exact) mass is 389 g/mol. The summed E-state index contributed by atoms with van der Waals surface area (Å²) >= 11 is 0. The zero-order valence-electron chi connectivity index (χ0n) is 13.9. The van der Waals surface area contributed by atoms with Crippen molar-refractivity contribution in [2.45, 2.75) is 37.9 Å². The highest BCUT2D eigenvalue weighted by Crippen LogP contribution is 2.26. The van der Waals surface area contributed by atoms with Gasteiger partial charge in [-0.2, -0.15) is 13.2 Å². The minimum Gasteiger partial charge on any atom is -0.480 e. The van der Waals surface area contributed by atoms with Gasteiger partial charge in [0.2, 0.25) is 0 Å². The highest BCUT2D eigenvalue weighted by atomic mass is 32.2. The highest BCUT2D eigenvalue weighted by Gasteiger charge is 2.47. The molecule has 25 heavy (non-hydrogen) atoms. The van der Waals surface area contributed by atoms with E-state index < -0.39 is 51.5 Å². The Kier molecular flexibility index (Phi) is 5.98. The molecule has 0 spiro atoms. The second kappa shape index (κ2) is 7.10. The van der Waals surface area contributed by atoms with Crippen LogP contribution in [-0.4, -0.2) is 62.1 Å². The maximum Gasteiger partial charge on any atom is 0.500 e. The third kappa shape index (κ3) is 5.51. The minimum atomic E-state index is -5.51. The van der Waals surface area contributed by atoms with Crippen LogP contribution in [0.4, 0.5) is 18.0 Å². The summed E-state index contributed by atoms with van der Waals surface area (Å²) in [6.07, 6.45) is 0.0678. The molecule has 12 heteroatoms. The van der Waals surface area contributed by atoms with Crippen LogP contribution in [0.15, 0.2) is 11.8 Å². The zero-order valence-corrected chi connectivity index (χ0v) is 14.7. The summed E-state index contributed by atoms with van der Waals surface area (Å²) in [7, 11) is -4.46. The van der Waals surface area contributed by atoms with E-state index >= 15 is 0 Å². The Hall–Kier alpha value is -1.98. The van der Waals surface area contributed by atoms with Crippen molar-refractivity contribution in [3.05, 3.63) is 11.8 Å². The lowest BCUT2D eigenvalue weighted by Gasteiger charge is -2.27. The first-order valence-electron chi connectivity index (χ1n) is 6.88. The van der Waals surface area contributed by atoms with Crippen LogP contribution in [0.1, 0.15) is 20.8 Å². The molecule has 144 valence electrons. The zero-order chi connectivity index (χ0) is 19.6. The van der Waals surface area contributed by atoms with Crippen molar-refractivity contribution < 1.29 is 45.4 Å². The van der Waals surface area contributed by atoms with Gasteiger partial charge in [-0.1, -0.05) is 0 Å². The quantitative estimate of drug-likeness (QED) is 0.673. The predicted octanol–water partition coefficient (Wildman–Crippen LogP) is 1.57. The van der Waals surface area contributed by atoms with Crippen LogP contribution in [0, 0.1) is 0 Å². The maximum atomic E-state index is 12.3. The Morgan fingerprint density at radius 2 is 1.84 bits per heavy atom. The fraction of sp³-hybridized carbons (Fsp3) is 0.692. The number of amides is 1. The van der Waals surface area contributed by atoms with Crippen molar-refractivity contribution in [2.75, 3.05) is 19.6 Å². The number of nitrogens with zero attached hydrogens (tertiary/aromatic N) is 1. The van der Waals surface area contributed by atoms with Gasteiger partial charge in [0.05, 0.1) is 13.7 Å². The average Bonchev–Trinajstić information content (AvgIpc) is 2.85. The Balaban J connectivity index is 2.91. The summed E-state index contributed by atoms with van der Waals surface area (Å²) in [5, 5.41) is 0. The highest BCUT2D eigenvalue weighted by molar-refractivity contribution is 7.92. The fourth-order valence-electron chi connectivity index (χ4n) is 1.71. The Labute approximate surface area is 142 Å². The van der Waals surface area contributed by atoms with Crippen LogP contribution >= 0.6 is 0 Å². The van der Waals surface area contributed by atoms with Crippen molar-refractivity contribution >= 4 is 21.9 Å². The molecule has 1 amide bonds. The molecule has 1 aliphatic heterocycles. The van der Waals surface area contributed by atoms with Crippen molar-refractivity contribution in [3.8, 4) is 0 Å². The number of hydrogen-bond donors (Lipinski definition) is 0. The first-order valence-corrected chi connectivity index (χ1v) is 8.53. The molecule has 0 saturated carbocycles. The van der Waals surface area contributed by atoms with E-state index in [4.69, 9.17) is 4.74 Å². The van der Waals surface area contributed by atoms with Gasteiger partial charge in [0, 0.05) is 0 Å². The van der Waals surface area contributed by atoms with Crippen molar-refractivity contribution in [2.24, 2.45) is 0 Å². The van der Waals surface area contributed by atoms with E-state index in [9.17, 15) is 31.2 Å². The Morgan fingerprint density at radius 1 is 1.28 bits per heavy atom. The summed E-state index contributed by atoms with van der Waals surface area (Å²) in [6, 6.07) is -1.30. The summed E-state index contributed by atoms with van der Waals surface area (Å²) < 4.78 is 73.2. The van der Waals surface area contributed by atoms with Crippen LogP contribution in [0.3, 0.4) is 0 Å². The topological polar surface area (TPSA) is 99.2 Å². The van der Waals surface area contributed by atoms with E-state index in [1.165, 1.54) is 0 Å². The first kappa shape index (κ1) is 21.1. The summed E-state index contributed by atoms with van der Waals surface area (Å²) in [5.41, 5.74) is -6.36. The lowest BCUT2D eigenvalue weighted by molar-refractivity contribution is -0.144. The predicted molar refractivity (Wildman–Crippen MR) is 77.8 cm³/mol. The maximum absolute atomic E-state index is 12.3. The van der Waals surface area contributed by atoms with Gasteiger partial charge in [0.25, 0.3) is 9.84 Å². The SMILES string of the molecule is COC(=O)[C@H]1C=C(OCS(=O)(=O)C(F)(F)F)CN1C(=O)OC(C)(C)C. The summed E-state index contributed by atoms with van der Waals surface area (Å²) in [5.74, 6) is -2.85. The number of methoxy groups -OCH3 is 1. The van der Waals surface area contributed by atoms with Gasteiger partial charge in [0.15, 0.2) is 12.0 Å². The number of alkyl halides is 3.